The summed E-state index contributed by atoms with van der Waals surface area (Å²) in [5.41, 5.74) is 2.97. The van der Waals surface area contributed by atoms with Gasteiger partial charge in [0, 0.05) is 5.71 Å². The van der Waals surface area contributed by atoms with Crippen molar-refractivity contribution in [2.24, 2.45) is 4.99 Å². The van der Waals surface area contributed by atoms with Gasteiger partial charge in [-0.1, -0.05) is 0 Å². The first-order valence-corrected chi connectivity index (χ1v) is 6.65. The SMILES string of the molecule is CCOc1ccc(C(C)=Nc2ccc(OC)cc2)cc1. The normalized spacial score (nSPS) is 11.2. The van der Waals surface area contributed by atoms with Gasteiger partial charge in [-0.15, -0.1) is 0 Å². The van der Waals surface area contributed by atoms with Gasteiger partial charge in [-0.3, -0.25) is 4.99 Å². The molecule has 104 valence electrons. The molecule has 0 atom stereocenters. The van der Waals surface area contributed by atoms with E-state index in [1.807, 2.05) is 62.4 Å². The summed E-state index contributed by atoms with van der Waals surface area (Å²) < 4.78 is 10.6. The Morgan fingerprint density at radius 1 is 0.950 bits per heavy atom. The minimum atomic E-state index is 0.679. The van der Waals surface area contributed by atoms with E-state index in [1.54, 1.807) is 7.11 Å². The van der Waals surface area contributed by atoms with Crippen molar-refractivity contribution >= 4 is 11.4 Å². The highest BCUT2D eigenvalue weighted by atomic mass is 16.5. The van der Waals surface area contributed by atoms with E-state index in [4.69, 9.17) is 9.47 Å². The Morgan fingerprint density at radius 2 is 1.55 bits per heavy atom. The van der Waals surface area contributed by atoms with Crippen LogP contribution in [0.25, 0.3) is 0 Å². The molecule has 3 heteroatoms. The quantitative estimate of drug-likeness (QED) is 0.760. The first kappa shape index (κ1) is 14.1. The number of aliphatic imine (C=N–C) groups is 1. The maximum atomic E-state index is 5.43. The molecule has 0 unspecified atom stereocenters. The molecule has 3 nitrogen and oxygen atoms in total. The van der Waals surface area contributed by atoms with Gasteiger partial charge in [-0.25, -0.2) is 0 Å². The van der Waals surface area contributed by atoms with E-state index < -0.39 is 0 Å². The van der Waals surface area contributed by atoms with Crippen LogP contribution in [0, 0.1) is 0 Å². The lowest BCUT2D eigenvalue weighted by atomic mass is 10.1. The lowest BCUT2D eigenvalue weighted by Crippen LogP contribution is -1.95. The molecule has 0 spiro atoms. The van der Waals surface area contributed by atoms with E-state index in [2.05, 4.69) is 4.99 Å². The molecule has 0 aliphatic rings. The van der Waals surface area contributed by atoms with Crippen molar-refractivity contribution in [3.8, 4) is 11.5 Å². The molecule has 0 bridgehead atoms. The highest BCUT2D eigenvalue weighted by Crippen LogP contribution is 2.19. The van der Waals surface area contributed by atoms with Crippen LogP contribution in [0.5, 0.6) is 11.5 Å². The standard InChI is InChI=1S/C17H19NO2/c1-4-20-17-9-5-14(6-10-17)13(2)18-15-7-11-16(19-3)12-8-15/h5-12H,4H2,1-3H3. The van der Waals surface area contributed by atoms with Crippen LogP contribution < -0.4 is 9.47 Å². The van der Waals surface area contributed by atoms with Crippen LogP contribution >= 0.6 is 0 Å². The van der Waals surface area contributed by atoms with Crippen LogP contribution in [-0.4, -0.2) is 19.4 Å². The third-order valence-electron chi connectivity index (χ3n) is 2.95. The number of ether oxygens (including phenoxy) is 2. The third-order valence-corrected chi connectivity index (χ3v) is 2.95. The fourth-order valence-corrected chi connectivity index (χ4v) is 1.87. The molecule has 0 N–H and O–H groups in total. The smallest absolute Gasteiger partial charge is 0.119 e. The van der Waals surface area contributed by atoms with Crippen molar-refractivity contribution < 1.29 is 9.47 Å². The average molecular weight is 269 g/mol. The molecule has 0 fully saturated rings. The van der Waals surface area contributed by atoms with Gasteiger partial charge in [-0.05, 0) is 67.9 Å². The van der Waals surface area contributed by atoms with Crippen LogP contribution in [0.15, 0.2) is 53.5 Å². The molecule has 0 aliphatic heterocycles. The van der Waals surface area contributed by atoms with Gasteiger partial charge in [0.25, 0.3) is 0 Å². The molecule has 2 aromatic rings. The molecule has 0 heterocycles. The van der Waals surface area contributed by atoms with Gasteiger partial charge < -0.3 is 9.47 Å². The Kier molecular flexibility index (Phi) is 4.77. The molecule has 0 amide bonds. The first-order chi connectivity index (χ1) is 9.72. The lowest BCUT2D eigenvalue weighted by Gasteiger charge is -2.05. The maximum absolute atomic E-state index is 5.43. The highest BCUT2D eigenvalue weighted by Gasteiger charge is 1.99. The van der Waals surface area contributed by atoms with Crippen molar-refractivity contribution in [1.82, 2.24) is 0 Å². The number of benzene rings is 2. The minimum absolute atomic E-state index is 0.679. The number of hydrogen-bond donors (Lipinski definition) is 0. The first-order valence-electron chi connectivity index (χ1n) is 6.65. The Labute approximate surface area is 119 Å². The Morgan fingerprint density at radius 3 is 2.10 bits per heavy atom. The Bertz CT molecular complexity index is 571. The highest BCUT2D eigenvalue weighted by molar-refractivity contribution is 6.00. The molecule has 2 aromatic carbocycles. The maximum Gasteiger partial charge on any atom is 0.119 e. The molecule has 0 saturated carbocycles. The molecule has 20 heavy (non-hydrogen) atoms. The zero-order valence-electron chi connectivity index (χ0n) is 12.1. The predicted octanol–water partition coefficient (Wildman–Crippen LogP) is 4.23. The van der Waals surface area contributed by atoms with E-state index >= 15 is 0 Å². The fourth-order valence-electron chi connectivity index (χ4n) is 1.87. The van der Waals surface area contributed by atoms with E-state index in [-0.39, 0.29) is 0 Å². The van der Waals surface area contributed by atoms with Crippen LogP contribution in [0.3, 0.4) is 0 Å². The van der Waals surface area contributed by atoms with Gasteiger partial charge >= 0.3 is 0 Å². The second kappa shape index (κ2) is 6.75. The Hall–Kier alpha value is -2.29. The zero-order valence-corrected chi connectivity index (χ0v) is 12.1. The van der Waals surface area contributed by atoms with Crippen molar-refractivity contribution in [3.63, 3.8) is 0 Å². The van der Waals surface area contributed by atoms with Gasteiger partial charge in [0.1, 0.15) is 11.5 Å². The summed E-state index contributed by atoms with van der Waals surface area (Å²) in [5, 5.41) is 0. The van der Waals surface area contributed by atoms with Gasteiger partial charge in [-0.2, -0.15) is 0 Å². The summed E-state index contributed by atoms with van der Waals surface area (Å²) in [6.45, 7) is 4.66. The monoisotopic (exact) mass is 269 g/mol. The Balaban J connectivity index is 2.16. The molecular formula is C17H19NO2. The molecule has 0 radical (unpaired) electrons. The van der Waals surface area contributed by atoms with Crippen LogP contribution in [0.1, 0.15) is 19.4 Å². The summed E-state index contributed by atoms with van der Waals surface area (Å²) in [4.78, 5) is 4.60. The van der Waals surface area contributed by atoms with Crippen LogP contribution in [0.2, 0.25) is 0 Å². The summed E-state index contributed by atoms with van der Waals surface area (Å²) in [5.74, 6) is 1.72. The predicted molar refractivity (Wildman–Crippen MR) is 82.5 cm³/mol. The van der Waals surface area contributed by atoms with E-state index in [0.29, 0.717) is 6.61 Å². The van der Waals surface area contributed by atoms with Crippen molar-refractivity contribution in [1.29, 1.82) is 0 Å². The van der Waals surface area contributed by atoms with Gasteiger partial charge in [0.05, 0.1) is 19.4 Å². The minimum Gasteiger partial charge on any atom is -0.497 e. The number of nitrogens with zero attached hydrogens (tertiary/aromatic N) is 1. The van der Waals surface area contributed by atoms with Gasteiger partial charge in [0.15, 0.2) is 0 Å². The average Bonchev–Trinajstić information content (AvgIpc) is 2.49. The molecular weight excluding hydrogens is 250 g/mol. The van der Waals surface area contributed by atoms with Crippen molar-refractivity contribution in [2.75, 3.05) is 13.7 Å². The number of rotatable bonds is 5. The summed E-state index contributed by atoms with van der Waals surface area (Å²) in [6.07, 6.45) is 0. The van der Waals surface area contributed by atoms with Gasteiger partial charge in [0.2, 0.25) is 0 Å². The van der Waals surface area contributed by atoms with Crippen LogP contribution in [0.4, 0.5) is 5.69 Å². The number of methoxy groups -OCH3 is 1. The van der Waals surface area contributed by atoms with E-state index in [9.17, 15) is 0 Å². The largest absolute Gasteiger partial charge is 0.497 e. The molecule has 0 aliphatic carbocycles. The zero-order chi connectivity index (χ0) is 14.4. The topological polar surface area (TPSA) is 30.8 Å². The van der Waals surface area contributed by atoms with Crippen molar-refractivity contribution in [3.05, 3.63) is 54.1 Å². The fraction of sp³-hybridized carbons (Fsp3) is 0.235. The molecule has 2 rings (SSSR count). The van der Waals surface area contributed by atoms with E-state index in [1.165, 1.54) is 0 Å². The van der Waals surface area contributed by atoms with Crippen LogP contribution in [-0.2, 0) is 0 Å². The summed E-state index contributed by atoms with van der Waals surface area (Å²) in [6, 6.07) is 15.7. The molecule has 0 aromatic heterocycles. The summed E-state index contributed by atoms with van der Waals surface area (Å²) >= 11 is 0. The third kappa shape index (κ3) is 3.60. The molecule has 0 saturated heterocycles. The second-order valence-corrected chi connectivity index (χ2v) is 4.35. The number of hydrogen-bond acceptors (Lipinski definition) is 3. The second-order valence-electron chi connectivity index (χ2n) is 4.35. The lowest BCUT2D eigenvalue weighted by molar-refractivity contribution is 0.340. The van der Waals surface area contributed by atoms with E-state index in [0.717, 1.165) is 28.5 Å². The summed E-state index contributed by atoms with van der Waals surface area (Å²) in [7, 11) is 1.66. The van der Waals surface area contributed by atoms with Crippen molar-refractivity contribution in [2.45, 2.75) is 13.8 Å².